The van der Waals surface area contributed by atoms with Gasteiger partial charge in [0.2, 0.25) is 0 Å². The molecule has 1 saturated carbocycles. The summed E-state index contributed by atoms with van der Waals surface area (Å²) in [5.41, 5.74) is 0.778. The standard InChI is InChI=1S/C16H24FNO2/c1-12-5-6-14(17)10-15(12)20-9-7-13-4-3-8-16(13,11-19)18-2/h5-6,10,13,18-19H,3-4,7-9,11H2,1-2H3. The molecule has 1 aliphatic rings. The molecule has 0 bridgehead atoms. The Morgan fingerprint density at radius 3 is 3.00 bits per heavy atom. The zero-order valence-corrected chi connectivity index (χ0v) is 12.3. The minimum Gasteiger partial charge on any atom is -0.493 e. The van der Waals surface area contributed by atoms with Gasteiger partial charge in [0, 0.05) is 11.6 Å². The van der Waals surface area contributed by atoms with E-state index in [0.717, 1.165) is 31.2 Å². The highest BCUT2D eigenvalue weighted by Crippen LogP contribution is 2.37. The van der Waals surface area contributed by atoms with Crippen molar-refractivity contribution in [3.05, 3.63) is 29.6 Å². The number of benzene rings is 1. The van der Waals surface area contributed by atoms with Crippen LogP contribution < -0.4 is 10.1 Å². The van der Waals surface area contributed by atoms with E-state index in [4.69, 9.17) is 4.74 Å². The predicted octanol–water partition coefficient (Wildman–Crippen LogP) is 2.65. The van der Waals surface area contributed by atoms with E-state index in [9.17, 15) is 9.50 Å². The Kier molecular flexibility index (Phi) is 5.00. The second-order valence-corrected chi connectivity index (χ2v) is 5.70. The minimum absolute atomic E-state index is 0.160. The largest absolute Gasteiger partial charge is 0.493 e. The van der Waals surface area contributed by atoms with E-state index in [-0.39, 0.29) is 18.0 Å². The smallest absolute Gasteiger partial charge is 0.126 e. The molecule has 2 atom stereocenters. The molecule has 0 radical (unpaired) electrons. The van der Waals surface area contributed by atoms with Crippen LogP contribution >= 0.6 is 0 Å². The molecule has 2 unspecified atom stereocenters. The Morgan fingerprint density at radius 1 is 1.50 bits per heavy atom. The molecule has 0 aliphatic heterocycles. The quantitative estimate of drug-likeness (QED) is 0.842. The maximum atomic E-state index is 13.2. The summed E-state index contributed by atoms with van der Waals surface area (Å²) in [5.74, 6) is 0.750. The first-order chi connectivity index (χ1) is 9.61. The van der Waals surface area contributed by atoms with Gasteiger partial charge in [0.15, 0.2) is 0 Å². The van der Waals surface area contributed by atoms with Crippen LogP contribution in [0.4, 0.5) is 4.39 Å². The summed E-state index contributed by atoms with van der Waals surface area (Å²) < 4.78 is 18.9. The summed E-state index contributed by atoms with van der Waals surface area (Å²) in [6, 6.07) is 4.60. The normalized spacial score (nSPS) is 25.9. The molecule has 1 aromatic carbocycles. The van der Waals surface area contributed by atoms with Crippen LogP contribution in [0.15, 0.2) is 18.2 Å². The van der Waals surface area contributed by atoms with Crippen LogP contribution in [-0.2, 0) is 0 Å². The molecule has 20 heavy (non-hydrogen) atoms. The minimum atomic E-state index is -0.272. The van der Waals surface area contributed by atoms with Gasteiger partial charge in [0.25, 0.3) is 0 Å². The lowest BCUT2D eigenvalue weighted by atomic mass is 9.86. The third-order valence-corrected chi connectivity index (χ3v) is 4.61. The van der Waals surface area contributed by atoms with Gasteiger partial charge in [-0.2, -0.15) is 0 Å². The summed E-state index contributed by atoms with van der Waals surface area (Å²) in [7, 11) is 1.91. The number of rotatable bonds is 6. The maximum absolute atomic E-state index is 13.2. The second-order valence-electron chi connectivity index (χ2n) is 5.70. The van der Waals surface area contributed by atoms with Crippen molar-refractivity contribution in [1.29, 1.82) is 0 Å². The highest BCUT2D eigenvalue weighted by Gasteiger charge is 2.40. The Labute approximate surface area is 120 Å². The van der Waals surface area contributed by atoms with Crippen molar-refractivity contribution in [2.45, 2.75) is 38.1 Å². The third-order valence-electron chi connectivity index (χ3n) is 4.61. The number of nitrogens with one attached hydrogen (secondary N) is 1. The predicted molar refractivity (Wildman–Crippen MR) is 77.5 cm³/mol. The van der Waals surface area contributed by atoms with E-state index in [0.29, 0.717) is 18.3 Å². The zero-order valence-electron chi connectivity index (χ0n) is 12.3. The fraction of sp³-hybridized carbons (Fsp3) is 0.625. The molecule has 1 fully saturated rings. The summed E-state index contributed by atoms with van der Waals surface area (Å²) in [5, 5.41) is 12.9. The Morgan fingerprint density at radius 2 is 2.30 bits per heavy atom. The number of aliphatic hydroxyl groups excluding tert-OH is 1. The molecule has 112 valence electrons. The number of ether oxygens (including phenoxy) is 1. The first-order valence-electron chi connectivity index (χ1n) is 7.30. The van der Waals surface area contributed by atoms with E-state index in [1.54, 1.807) is 6.07 Å². The SMILES string of the molecule is CNC1(CO)CCCC1CCOc1cc(F)ccc1C. The molecular weight excluding hydrogens is 257 g/mol. The van der Waals surface area contributed by atoms with E-state index in [1.165, 1.54) is 12.1 Å². The number of hydrogen-bond acceptors (Lipinski definition) is 3. The molecule has 0 amide bonds. The number of aryl methyl sites for hydroxylation is 1. The van der Waals surface area contributed by atoms with Crippen LogP contribution in [-0.4, -0.2) is 30.9 Å². The van der Waals surface area contributed by atoms with Gasteiger partial charge in [-0.15, -0.1) is 0 Å². The molecule has 1 aromatic rings. The molecule has 0 saturated heterocycles. The average Bonchev–Trinajstić information content (AvgIpc) is 2.86. The van der Waals surface area contributed by atoms with E-state index < -0.39 is 0 Å². The highest BCUT2D eigenvalue weighted by atomic mass is 19.1. The van der Waals surface area contributed by atoms with Crippen LogP contribution in [0.3, 0.4) is 0 Å². The Bertz CT molecular complexity index is 446. The van der Waals surface area contributed by atoms with Crippen LogP contribution in [0.2, 0.25) is 0 Å². The Hall–Kier alpha value is -1.13. The molecule has 2 N–H and O–H groups in total. The van der Waals surface area contributed by atoms with E-state index in [2.05, 4.69) is 5.32 Å². The van der Waals surface area contributed by atoms with Gasteiger partial charge in [0.1, 0.15) is 11.6 Å². The van der Waals surface area contributed by atoms with Crippen molar-refractivity contribution >= 4 is 0 Å². The number of likely N-dealkylation sites (N-methyl/N-ethyl adjacent to an activating group) is 1. The van der Waals surface area contributed by atoms with Crippen LogP contribution in [0.1, 0.15) is 31.2 Å². The topological polar surface area (TPSA) is 41.5 Å². The number of hydrogen-bond donors (Lipinski definition) is 2. The lowest BCUT2D eigenvalue weighted by Gasteiger charge is -2.33. The van der Waals surface area contributed by atoms with Gasteiger partial charge in [0.05, 0.1) is 13.2 Å². The first kappa shape index (κ1) is 15.3. The van der Waals surface area contributed by atoms with Crippen molar-refractivity contribution < 1.29 is 14.2 Å². The molecule has 1 aliphatic carbocycles. The number of halogens is 1. The van der Waals surface area contributed by atoms with Crippen LogP contribution in [0.25, 0.3) is 0 Å². The maximum Gasteiger partial charge on any atom is 0.126 e. The van der Waals surface area contributed by atoms with Crippen LogP contribution in [0.5, 0.6) is 5.75 Å². The second kappa shape index (κ2) is 6.55. The Balaban J connectivity index is 1.91. The van der Waals surface area contributed by atoms with Crippen molar-refractivity contribution in [2.75, 3.05) is 20.3 Å². The average molecular weight is 281 g/mol. The van der Waals surface area contributed by atoms with Gasteiger partial charge < -0.3 is 15.2 Å². The third kappa shape index (κ3) is 3.13. The molecule has 0 aromatic heterocycles. The van der Waals surface area contributed by atoms with Gasteiger partial charge in [-0.05, 0) is 50.8 Å². The molecule has 4 heteroatoms. The fourth-order valence-electron chi connectivity index (χ4n) is 3.22. The molecule has 0 spiro atoms. The lowest BCUT2D eigenvalue weighted by Crippen LogP contribution is -2.49. The molecule has 0 heterocycles. The van der Waals surface area contributed by atoms with Crippen molar-refractivity contribution in [1.82, 2.24) is 5.32 Å². The summed E-state index contributed by atoms with van der Waals surface area (Å²) in [6.45, 7) is 2.63. The monoisotopic (exact) mass is 281 g/mol. The summed E-state index contributed by atoms with van der Waals surface area (Å²) in [6.07, 6.45) is 4.11. The first-order valence-corrected chi connectivity index (χ1v) is 7.30. The van der Waals surface area contributed by atoms with Crippen molar-refractivity contribution in [3.8, 4) is 5.75 Å². The van der Waals surface area contributed by atoms with Crippen molar-refractivity contribution in [3.63, 3.8) is 0 Å². The number of aliphatic hydroxyl groups is 1. The highest BCUT2D eigenvalue weighted by molar-refractivity contribution is 5.32. The summed E-state index contributed by atoms with van der Waals surface area (Å²) >= 11 is 0. The molecule has 3 nitrogen and oxygen atoms in total. The van der Waals surface area contributed by atoms with E-state index >= 15 is 0 Å². The van der Waals surface area contributed by atoms with Gasteiger partial charge in [-0.3, -0.25) is 0 Å². The van der Waals surface area contributed by atoms with Gasteiger partial charge in [-0.25, -0.2) is 4.39 Å². The van der Waals surface area contributed by atoms with Gasteiger partial charge in [-0.1, -0.05) is 12.5 Å². The lowest BCUT2D eigenvalue weighted by molar-refractivity contribution is 0.117. The fourth-order valence-corrected chi connectivity index (χ4v) is 3.22. The van der Waals surface area contributed by atoms with Gasteiger partial charge >= 0.3 is 0 Å². The van der Waals surface area contributed by atoms with Crippen LogP contribution in [0, 0.1) is 18.7 Å². The summed E-state index contributed by atoms with van der Waals surface area (Å²) in [4.78, 5) is 0. The zero-order chi connectivity index (χ0) is 14.6. The molecular formula is C16H24FNO2. The molecule has 2 rings (SSSR count). The van der Waals surface area contributed by atoms with Crippen molar-refractivity contribution in [2.24, 2.45) is 5.92 Å². The van der Waals surface area contributed by atoms with E-state index in [1.807, 2.05) is 14.0 Å².